The van der Waals surface area contributed by atoms with Crippen molar-refractivity contribution in [3.63, 3.8) is 0 Å². The molecule has 0 saturated carbocycles. The third-order valence-electron chi connectivity index (χ3n) is 3.17. The van der Waals surface area contributed by atoms with E-state index in [-0.39, 0.29) is 15.8 Å². The molecule has 2 N–H and O–H groups in total. The third kappa shape index (κ3) is 3.95. The molecule has 126 valence electrons. The maximum atomic E-state index is 11.7. The number of hydrogen-bond donors (Lipinski definition) is 2. The molecule has 0 unspecified atom stereocenters. The minimum absolute atomic E-state index is 0.0650. The van der Waals surface area contributed by atoms with Crippen molar-refractivity contribution in [3.8, 4) is 5.75 Å². The SMILES string of the molecule is COC(=O)/C=C1/S/C(=N\N=Cc2c(C)c(Cl)cc(C)c2O)NC1=O. The van der Waals surface area contributed by atoms with E-state index < -0.39 is 11.9 Å². The van der Waals surface area contributed by atoms with Crippen LogP contribution in [0, 0.1) is 13.8 Å². The molecule has 24 heavy (non-hydrogen) atoms. The molecule has 0 aliphatic carbocycles. The van der Waals surface area contributed by atoms with E-state index in [0.717, 1.165) is 17.8 Å². The van der Waals surface area contributed by atoms with Crippen LogP contribution in [0.1, 0.15) is 16.7 Å². The van der Waals surface area contributed by atoms with Crippen LogP contribution in [0.3, 0.4) is 0 Å². The van der Waals surface area contributed by atoms with Crippen molar-refractivity contribution in [2.45, 2.75) is 13.8 Å². The summed E-state index contributed by atoms with van der Waals surface area (Å²) >= 11 is 7.04. The van der Waals surface area contributed by atoms with Crippen LogP contribution in [0.2, 0.25) is 5.02 Å². The number of aromatic hydroxyl groups is 1. The fourth-order valence-corrected chi connectivity index (χ4v) is 2.83. The van der Waals surface area contributed by atoms with Gasteiger partial charge in [0.05, 0.1) is 18.2 Å². The largest absolute Gasteiger partial charge is 0.507 e. The number of carbonyl (C=O) groups is 2. The highest BCUT2D eigenvalue weighted by Gasteiger charge is 2.25. The molecule has 1 aliphatic rings. The minimum atomic E-state index is -0.632. The minimum Gasteiger partial charge on any atom is -0.507 e. The zero-order valence-corrected chi connectivity index (χ0v) is 14.7. The first kappa shape index (κ1) is 18.0. The maximum Gasteiger partial charge on any atom is 0.331 e. The number of halogens is 1. The van der Waals surface area contributed by atoms with Gasteiger partial charge in [-0.2, -0.15) is 5.10 Å². The smallest absolute Gasteiger partial charge is 0.331 e. The fourth-order valence-electron chi connectivity index (χ4n) is 1.82. The third-order valence-corrected chi connectivity index (χ3v) is 4.46. The van der Waals surface area contributed by atoms with E-state index >= 15 is 0 Å². The molecule has 0 spiro atoms. The highest BCUT2D eigenvalue weighted by atomic mass is 35.5. The van der Waals surface area contributed by atoms with Crippen molar-refractivity contribution in [1.82, 2.24) is 5.32 Å². The van der Waals surface area contributed by atoms with Gasteiger partial charge in [-0.3, -0.25) is 10.1 Å². The van der Waals surface area contributed by atoms with E-state index in [9.17, 15) is 14.7 Å². The molecule has 1 aromatic rings. The Bertz CT molecular complexity index is 776. The molecule has 0 atom stereocenters. The summed E-state index contributed by atoms with van der Waals surface area (Å²) in [6.45, 7) is 3.47. The lowest BCUT2D eigenvalue weighted by Crippen LogP contribution is -2.19. The van der Waals surface area contributed by atoms with E-state index in [1.165, 1.54) is 13.3 Å². The average molecular weight is 368 g/mol. The van der Waals surface area contributed by atoms with Crippen molar-refractivity contribution in [2.75, 3.05) is 7.11 Å². The van der Waals surface area contributed by atoms with Crippen molar-refractivity contribution in [2.24, 2.45) is 10.2 Å². The van der Waals surface area contributed by atoms with Crippen LogP contribution in [0.5, 0.6) is 5.75 Å². The normalized spacial score (nSPS) is 17.8. The number of rotatable bonds is 3. The number of nitrogens with one attached hydrogen (secondary N) is 1. The molecule has 9 heteroatoms. The summed E-state index contributed by atoms with van der Waals surface area (Å²) in [5.41, 5.74) is 1.73. The number of ether oxygens (including phenoxy) is 1. The van der Waals surface area contributed by atoms with Crippen LogP contribution in [0.4, 0.5) is 0 Å². The van der Waals surface area contributed by atoms with Gasteiger partial charge in [0.1, 0.15) is 5.75 Å². The van der Waals surface area contributed by atoms with Crippen LogP contribution in [0.15, 0.2) is 27.3 Å². The molecule has 1 aromatic carbocycles. The molecular formula is C15H14ClN3O4S. The van der Waals surface area contributed by atoms with E-state index in [1.54, 1.807) is 19.9 Å². The molecule has 0 aromatic heterocycles. The van der Waals surface area contributed by atoms with E-state index in [0.29, 0.717) is 21.7 Å². The van der Waals surface area contributed by atoms with Gasteiger partial charge in [0.25, 0.3) is 5.91 Å². The summed E-state index contributed by atoms with van der Waals surface area (Å²) in [7, 11) is 1.22. The van der Waals surface area contributed by atoms with Gasteiger partial charge in [-0.15, -0.1) is 5.10 Å². The van der Waals surface area contributed by atoms with Gasteiger partial charge in [-0.05, 0) is 42.8 Å². The standard InChI is InChI=1S/C15H14ClN3O4S/c1-7-4-10(16)8(2)9(13(7)21)6-17-19-15-18-14(22)11(24-15)5-12(20)23-3/h4-6,21H,1-3H3,(H,18,19,22)/b11-5+,17-6?. The summed E-state index contributed by atoms with van der Waals surface area (Å²) in [6, 6.07) is 1.66. The quantitative estimate of drug-likeness (QED) is 0.369. The zero-order valence-electron chi connectivity index (χ0n) is 13.1. The van der Waals surface area contributed by atoms with Crippen LogP contribution in [-0.2, 0) is 14.3 Å². The lowest BCUT2D eigenvalue weighted by molar-refractivity contribution is -0.135. The first-order chi connectivity index (χ1) is 11.3. The first-order valence-corrected chi connectivity index (χ1v) is 7.91. The van der Waals surface area contributed by atoms with E-state index in [1.807, 2.05) is 0 Å². The number of nitrogens with zero attached hydrogens (tertiary/aromatic N) is 2. The van der Waals surface area contributed by atoms with Crippen molar-refractivity contribution in [1.29, 1.82) is 0 Å². The number of esters is 1. The van der Waals surface area contributed by atoms with Gasteiger partial charge >= 0.3 is 5.97 Å². The summed E-state index contributed by atoms with van der Waals surface area (Å²) in [5.74, 6) is -1.03. The van der Waals surface area contributed by atoms with Crippen LogP contribution in [-0.4, -0.2) is 35.5 Å². The Hall–Kier alpha value is -2.32. The maximum absolute atomic E-state index is 11.7. The number of carbonyl (C=O) groups excluding carboxylic acids is 2. The molecule has 1 saturated heterocycles. The Morgan fingerprint density at radius 2 is 2.17 bits per heavy atom. The van der Waals surface area contributed by atoms with Crippen molar-refractivity contribution < 1.29 is 19.4 Å². The molecule has 2 rings (SSSR count). The summed E-state index contributed by atoms with van der Waals surface area (Å²) in [6.07, 6.45) is 2.42. The Kier molecular flexibility index (Phi) is 5.63. The number of aryl methyl sites for hydroxylation is 1. The number of thioether (sulfide) groups is 1. The molecule has 1 aliphatic heterocycles. The summed E-state index contributed by atoms with van der Waals surface area (Å²) in [4.78, 5) is 23.0. The number of benzene rings is 1. The van der Waals surface area contributed by atoms with E-state index in [2.05, 4.69) is 20.3 Å². The zero-order chi connectivity index (χ0) is 17.9. The average Bonchev–Trinajstić information content (AvgIpc) is 2.88. The fraction of sp³-hybridized carbons (Fsp3) is 0.200. The van der Waals surface area contributed by atoms with Crippen LogP contribution < -0.4 is 5.32 Å². The van der Waals surface area contributed by atoms with Gasteiger partial charge in [-0.1, -0.05) is 11.6 Å². The van der Waals surface area contributed by atoms with Gasteiger partial charge in [0, 0.05) is 16.7 Å². The Balaban J connectivity index is 2.21. The van der Waals surface area contributed by atoms with Crippen molar-refractivity contribution >= 4 is 46.6 Å². The van der Waals surface area contributed by atoms with Crippen LogP contribution >= 0.6 is 23.4 Å². The topological polar surface area (TPSA) is 100 Å². The Labute approximate surface area is 147 Å². The summed E-state index contributed by atoms with van der Waals surface area (Å²) < 4.78 is 4.47. The molecule has 1 fully saturated rings. The van der Waals surface area contributed by atoms with Crippen molar-refractivity contribution in [3.05, 3.63) is 38.8 Å². The molecule has 0 radical (unpaired) electrons. The molecular weight excluding hydrogens is 354 g/mol. The lowest BCUT2D eigenvalue weighted by Gasteiger charge is -2.08. The predicted octanol–water partition coefficient (Wildman–Crippen LogP) is 2.27. The number of amides is 1. The molecule has 1 heterocycles. The summed E-state index contributed by atoms with van der Waals surface area (Å²) in [5, 5.41) is 21.0. The lowest BCUT2D eigenvalue weighted by atomic mass is 10.0. The van der Waals surface area contributed by atoms with Gasteiger partial charge in [-0.25, -0.2) is 4.79 Å². The molecule has 0 bridgehead atoms. The number of hydrogen-bond acceptors (Lipinski definition) is 7. The Morgan fingerprint density at radius 1 is 1.46 bits per heavy atom. The number of phenolic OH excluding ortho intramolecular Hbond substituents is 1. The second kappa shape index (κ2) is 7.50. The number of amidine groups is 1. The molecule has 1 amide bonds. The highest BCUT2D eigenvalue weighted by Crippen LogP contribution is 2.30. The van der Waals surface area contributed by atoms with Gasteiger partial charge < -0.3 is 9.84 Å². The second-order valence-corrected chi connectivity index (χ2v) is 6.24. The molecule has 7 nitrogen and oxygen atoms in total. The first-order valence-electron chi connectivity index (χ1n) is 6.72. The number of phenols is 1. The van der Waals surface area contributed by atoms with E-state index in [4.69, 9.17) is 11.6 Å². The highest BCUT2D eigenvalue weighted by molar-refractivity contribution is 8.18. The predicted molar refractivity (Wildman–Crippen MR) is 93.5 cm³/mol. The number of methoxy groups -OCH3 is 1. The van der Waals surface area contributed by atoms with Gasteiger partial charge in [0.2, 0.25) is 0 Å². The van der Waals surface area contributed by atoms with Crippen LogP contribution in [0.25, 0.3) is 0 Å². The monoisotopic (exact) mass is 367 g/mol. The van der Waals surface area contributed by atoms with Gasteiger partial charge in [0.15, 0.2) is 5.17 Å². The second-order valence-electron chi connectivity index (χ2n) is 4.80. The Morgan fingerprint density at radius 3 is 2.83 bits per heavy atom.